The summed E-state index contributed by atoms with van der Waals surface area (Å²) in [6, 6.07) is 21.2. The zero-order valence-electron chi connectivity index (χ0n) is 31.9. The highest BCUT2D eigenvalue weighted by molar-refractivity contribution is 7.17. The molecule has 3 saturated heterocycles. The van der Waals surface area contributed by atoms with Crippen LogP contribution >= 0.6 is 22.7 Å². The minimum absolute atomic E-state index is 0.784. The standard InChI is InChI=1S/C23H28N4S.C21H26N4S/c1-17-7-10-26(13-17)14-18-8-11-27(12-9-18)22-21-20(19-5-3-2-4-6-19)15-28-23(21)25-16-24-22;1-2-10-22-13-16-8-11-25(12-9-16)20-19-18(17-6-4-3-5-7-17)14-26-21(19)24-15-23-20/h2-6,15-18H,7-14H2,1H3;3-7,14-16,22H,2,8-13H2,1H3. The zero-order valence-corrected chi connectivity index (χ0v) is 33.5. The SMILES string of the molecule is CC1CCN(CC2CCN(c3ncnc4scc(-c5ccccc5)c34)CC2)C1.CCCNCC1CCN(c2ncnc3scc(-c4ccccc4)c23)CC1. The van der Waals surface area contributed by atoms with Crippen LogP contribution in [0.15, 0.2) is 84.1 Å². The summed E-state index contributed by atoms with van der Waals surface area (Å²) in [5.74, 6) is 4.72. The van der Waals surface area contributed by atoms with Crippen molar-refractivity contribution < 1.29 is 0 Å². The van der Waals surface area contributed by atoms with Crippen LogP contribution in [0.5, 0.6) is 0 Å². The largest absolute Gasteiger partial charge is 0.356 e. The van der Waals surface area contributed by atoms with Crippen LogP contribution in [0.1, 0.15) is 52.4 Å². The van der Waals surface area contributed by atoms with Gasteiger partial charge in [-0.25, -0.2) is 19.9 Å². The maximum absolute atomic E-state index is 4.74. The van der Waals surface area contributed by atoms with Crippen LogP contribution in [-0.4, -0.2) is 83.7 Å². The molecule has 8 nitrogen and oxygen atoms in total. The molecule has 10 heteroatoms. The van der Waals surface area contributed by atoms with Crippen molar-refractivity contribution in [2.45, 2.75) is 52.4 Å². The molecule has 54 heavy (non-hydrogen) atoms. The lowest BCUT2D eigenvalue weighted by Gasteiger charge is -2.35. The van der Waals surface area contributed by atoms with Gasteiger partial charge in [0.15, 0.2) is 0 Å². The van der Waals surface area contributed by atoms with E-state index in [1.54, 1.807) is 35.3 Å². The molecular weight excluding hydrogens is 705 g/mol. The predicted octanol–water partition coefficient (Wildman–Crippen LogP) is 9.49. The number of aromatic nitrogens is 4. The molecule has 9 rings (SSSR count). The van der Waals surface area contributed by atoms with Crippen LogP contribution in [0.4, 0.5) is 11.6 Å². The summed E-state index contributed by atoms with van der Waals surface area (Å²) in [4.78, 5) is 28.3. The summed E-state index contributed by atoms with van der Waals surface area (Å²) in [7, 11) is 0. The van der Waals surface area contributed by atoms with Crippen molar-refractivity contribution >= 4 is 54.7 Å². The molecule has 0 aliphatic carbocycles. The summed E-state index contributed by atoms with van der Waals surface area (Å²) in [6.45, 7) is 15.1. The fourth-order valence-electron chi connectivity index (χ4n) is 8.58. The van der Waals surface area contributed by atoms with E-state index in [1.165, 1.54) is 91.2 Å². The molecule has 0 radical (unpaired) electrons. The number of rotatable bonds is 10. The summed E-state index contributed by atoms with van der Waals surface area (Å²) in [5.41, 5.74) is 5.02. The first-order valence-corrected chi connectivity index (χ1v) is 21.9. The Balaban J connectivity index is 0.000000154. The number of benzene rings is 2. The van der Waals surface area contributed by atoms with E-state index in [2.05, 4.69) is 115 Å². The van der Waals surface area contributed by atoms with E-state index in [1.807, 2.05) is 0 Å². The summed E-state index contributed by atoms with van der Waals surface area (Å²) in [5, 5.41) is 10.5. The monoisotopic (exact) mass is 758 g/mol. The number of piperidine rings is 2. The Hall–Kier alpha value is -3.96. The fraction of sp³-hybridized carbons (Fsp3) is 0.455. The molecule has 282 valence electrons. The van der Waals surface area contributed by atoms with Crippen molar-refractivity contribution in [2.24, 2.45) is 17.8 Å². The van der Waals surface area contributed by atoms with Gasteiger partial charge in [-0.15, -0.1) is 22.7 Å². The second-order valence-electron chi connectivity index (χ2n) is 15.5. The average molecular weight is 759 g/mol. The molecule has 0 bridgehead atoms. The molecule has 0 amide bonds. The Labute approximate surface area is 328 Å². The van der Waals surface area contributed by atoms with Gasteiger partial charge in [0, 0.05) is 61.2 Å². The molecule has 1 atom stereocenters. The third-order valence-corrected chi connectivity index (χ3v) is 13.4. The van der Waals surface area contributed by atoms with Crippen molar-refractivity contribution in [2.75, 3.05) is 68.7 Å². The third-order valence-electron chi connectivity index (χ3n) is 11.6. The van der Waals surface area contributed by atoms with Crippen LogP contribution in [-0.2, 0) is 0 Å². The molecule has 3 fully saturated rings. The van der Waals surface area contributed by atoms with E-state index < -0.39 is 0 Å². The number of likely N-dealkylation sites (tertiary alicyclic amines) is 1. The molecule has 7 heterocycles. The third kappa shape index (κ3) is 8.47. The fourth-order valence-corrected chi connectivity index (χ4v) is 10.4. The van der Waals surface area contributed by atoms with E-state index >= 15 is 0 Å². The number of hydrogen-bond acceptors (Lipinski definition) is 10. The Morgan fingerprint density at radius 3 is 1.65 bits per heavy atom. The van der Waals surface area contributed by atoms with Gasteiger partial charge in [-0.1, -0.05) is 74.5 Å². The molecule has 1 unspecified atom stereocenters. The number of fused-ring (bicyclic) bond motifs is 2. The van der Waals surface area contributed by atoms with Crippen LogP contribution in [0, 0.1) is 17.8 Å². The smallest absolute Gasteiger partial charge is 0.141 e. The molecule has 4 aromatic heterocycles. The minimum atomic E-state index is 0.784. The Bertz CT molecular complexity index is 2070. The maximum Gasteiger partial charge on any atom is 0.141 e. The molecule has 3 aliphatic rings. The number of hydrogen-bond donors (Lipinski definition) is 1. The van der Waals surface area contributed by atoms with Gasteiger partial charge in [0.1, 0.15) is 34.0 Å². The number of nitrogens with zero attached hydrogens (tertiary/aromatic N) is 7. The van der Waals surface area contributed by atoms with Gasteiger partial charge in [-0.2, -0.15) is 0 Å². The average Bonchev–Trinajstić information content (AvgIpc) is 3.98. The Morgan fingerprint density at radius 1 is 0.648 bits per heavy atom. The van der Waals surface area contributed by atoms with Gasteiger partial charge >= 0.3 is 0 Å². The first-order valence-electron chi connectivity index (χ1n) is 20.1. The highest BCUT2D eigenvalue weighted by Crippen LogP contribution is 2.40. The van der Waals surface area contributed by atoms with Crippen molar-refractivity contribution in [3.8, 4) is 22.3 Å². The summed E-state index contributed by atoms with van der Waals surface area (Å²) >= 11 is 3.44. The van der Waals surface area contributed by atoms with Crippen LogP contribution in [0.3, 0.4) is 0 Å². The number of nitrogens with one attached hydrogen (secondary N) is 1. The van der Waals surface area contributed by atoms with Gasteiger partial charge in [0.05, 0.1) is 10.8 Å². The van der Waals surface area contributed by atoms with Gasteiger partial charge in [-0.05, 0) is 87.0 Å². The van der Waals surface area contributed by atoms with E-state index in [9.17, 15) is 0 Å². The van der Waals surface area contributed by atoms with E-state index in [-0.39, 0.29) is 0 Å². The second kappa shape index (κ2) is 17.7. The van der Waals surface area contributed by atoms with E-state index in [4.69, 9.17) is 9.97 Å². The van der Waals surface area contributed by atoms with Gasteiger partial charge in [0.2, 0.25) is 0 Å². The van der Waals surface area contributed by atoms with Gasteiger partial charge < -0.3 is 20.0 Å². The lowest BCUT2D eigenvalue weighted by Crippen LogP contribution is -2.38. The Morgan fingerprint density at radius 2 is 1.17 bits per heavy atom. The molecule has 2 aromatic carbocycles. The van der Waals surface area contributed by atoms with Crippen LogP contribution in [0.25, 0.3) is 42.7 Å². The topological polar surface area (TPSA) is 73.3 Å². The lowest BCUT2D eigenvalue weighted by atomic mass is 9.96. The molecule has 3 aliphatic heterocycles. The van der Waals surface area contributed by atoms with Crippen LogP contribution in [0.2, 0.25) is 0 Å². The summed E-state index contributed by atoms with van der Waals surface area (Å²) < 4.78 is 0. The van der Waals surface area contributed by atoms with Crippen molar-refractivity contribution in [3.05, 3.63) is 84.1 Å². The zero-order chi connectivity index (χ0) is 36.7. The lowest BCUT2D eigenvalue weighted by molar-refractivity contribution is 0.244. The molecular formula is C44H54N8S2. The number of anilines is 2. The highest BCUT2D eigenvalue weighted by Gasteiger charge is 2.27. The van der Waals surface area contributed by atoms with Crippen molar-refractivity contribution in [1.82, 2.24) is 30.2 Å². The quantitative estimate of drug-likeness (QED) is 0.139. The summed E-state index contributed by atoms with van der Waals surface area (Å²) in [6.07, 6.45) is 11.0. The van der Waals surface area contributed by atoms with Crippen LogP contribution < -0.4 is 15.1 Å². The first-order chi connectivity index (χ1) is 26.6. The van der Waals surface area contributed by atoms with E-state index in [0.717, 1.165) is 78.3 Å². The van der Waals surface area contributed by atoms with Gasteiger partial charge in [-0.3, -0.25) is 0 Å². The normalized spacial score (nSPS) is 18.7. The second-order valence-corrected chi connectivity index (χ2v) is 17.2. The molecule has 6 aromatic rings. The maximum atomic E-state index is 4.74. The van der Waals surface area contributed by atoms with Gasteiger partial charge in [0.25, 0.3) is 0 Å². The highest BCUT2D eigenvalue weighted by atomic mass is 32.1. The first kappa shape index (κ1) is 37.0. The number of thiophene rings is 2. The molecule has 0 spiro atoms. The predicted molar refractivity (Wildman–Crippen MR) is 229 cm³/mol. The minimum Gasteiger partial charge on any atom is -0.356 e. The van der Waals surface area contributed by atoms with E-state index in [0.29, 0.717) is 0 Å². The molecule has 1 N–H and O–H groups in total. The Kier molecular flexibility index (Phi) is 12.1. The van der Waals surface area contributed by atoms with Crippen molar-refractivity contribution in [1.29, 1.82) is 0 Å². The van der Waals surface area contributed by atoms with Crippen molar-refractivity contribution in [3.63, 3.8) is 0 Å². The molecule has 0 saturated carbocycles.